The van der Waals surface area contributed by atoms with Crippen LogP contribution in [0.1, 0.15) is 12.7 Å². The highest BCUT2D eigenvalue weighted by atomic mass is 32.2. The van der Waals surface area contributed by atoms with E-state index < -0.39 is 7.04 Å². The quantitative estimate of drug-likeness (QED) is 0.608. The van der Waals surface area contributed by atoms with Gasteiger partial charge in [0, 0.05) is 19.6 Å². The van der Waals surface area contributed by atoms with Crippen molar-refractivity contribution in [1.29, 1.82) is 0 Å². The van der Waals surface area contributed by atoms with E-state index in [0.29, 0.717) is 17.7 Å². The molecule has 0 bridgehead atoms. The van der Waals surface area contributed by atoms with Crippen LogP contribution < -0.4 is 15.1 Å². The van der Waals surface area contributed by atoms with Gasteiger partial charge in [-0.3, -0.25) is 5.14 Å². The smallest absolute Gasteiger partial charge is 0.230 e. The minimum atomic E-state index is -1.58. The first-order valence-corrected chi connectivity index (χ1v) is 9.01. The molecular formula is C10H21N6PS. The number of anilines is 2. The fourth-order valence-electron chi connectivity index (χ4n) is 1.28. The lowest BCUT2D eigenvalue weighted by molar-refractivity contribution is 0.926. The summed E-state index contributed by atoms with van der Waals surface area (Å²) in [5.74, 6) is 1.93. The molecule has 1 unspecified atom stereocenters. The van der Waals surface area contributed by atoms with Crippen LogP contribution in [0.2, 0.25) is 0 Å². The fraction of sp³-hybridized carbons (Fsp3) is 0.600. The second-order valence-electron chi connectivity index (χ2n) is 4.27. The number of nitrogens with one attached hydrogen (secondary N) is 1. The maximum absolute atomic E-state index is 5.55. The molecule has 6 nitrogen and oxygen atoms in total. The van der Waals surface area contributed by atoms with Crippen molar-refractivity contribution in [3.63, 3.8) is 0 Å². The van der Waals surface area contributed by atoms with E-state index in [1.165, 1.54) is 11.9 Å². The highest BCUT2D eigenvalue weighted by Gasteiger charge is 2.14. The van der Waals surface area contributed by atoms with E-state index in [-0.39, 0.29) is 0 Å². The maximum atomic E-state index is 5.55. The lowest BCUT2D eigenvalue weighted by Gasteiger charge is -2.23. The first kappa shape index (κ1) is 15.3. The Labute approximate surface area is 113 Å². The van der Waals surface area contributed by atoms with E-state index in [1.807, 2.05) is 25.9 Å². The average Bonchev–Trinajstić information content (AvgIpc) is 2.28. The standard InChI is InChI=1S/C10H21N6PS/c1-6-17(5,7-18-11)15-9-12-8(2)13-10(14-9)16(3)4/h5-7,11H2,1-4H3,(H,12,13,14,15). The number of hydrogen-bond acceptors (Lipinski definition) is 7. The molecule has 18 heavy (non-hydrogen) atoms. The Balaban J connectivity index is 2.99. The van der Waals surface area contributed by atoms with E-state index in [9.17, 15) is 0 Å². The van der Waals surface area contributed by atoms with Crippen molar-refractivity contribution in [3.05, 3.63) is 5.82 Å². The van der Waals surface area contributed by atoms with Gasteiger partial charge in [-0.05, 0) is 20.1 Å². The highest BCUT2D eigenvalue weighted by molar-refractivity contribution is 8.05. The number of nitrogens with zero attached hydrogens (tertiary/aromatic N) is 4. The lowest BCUT2D eigenvalue weighted by atomic mass is 10.6. The third-order valence-electron chi connectivity index (χ3n) is 2.40. The Morgan fingerprint density at radius 3 is 2.56 bits per heavy atom. The van der Waals surface area contributed by atoms with Gasteiger partial charge in [-0.25, -0.2) is 0 Å². The predicted octanol–water partition coefficient (Wildman–Crippen LogP) is 1.61. The fourth-order valence-corrected chi connectivity index (χ4v) is 4.09. The van der Waals surface area contributed by atoms with Gasteiger partial charge in [0.1, 0.15) is 5.82 Å². The van der Waals surface area contributed by atoms with E-state index >= 15 is 0 Å². The Morgan fingerprint density at radius 1 is 1.39 bits per heavy atom. The van der Waals surface area contributed by atoms with Crippen LogP contribution in [0.25, 0.3) is 0 Å². The van der Waals surface area contributed by atoms with Crippen LogP contribution in [0.15, 0.2) is 0 Å². The predicted molar refractivity (Wildman–Crippen MR) is 83.7 cm³/mol. The summed E-state index contributed by atoms with van der Waals surface area (Å²) in [4.78, 5) is 14.8. The summed E-state index contributed by atoms with van der Waals surface area (Å²) >= 11 is 1.31. The molecule has 0 aromatic carbocycles. The summed E-state index contributed by atoms with van der Waals surface area (Å²) in [6.07, 6.45) is 5.21. The van der Waals surface area contributed by atoms with E-state index in [0.717, 1.165) is 11.7 Å². The summed E-state index contributed by atoms with van der Waals surface area (Å²) in [5, 5.41) is 8.91. The maximum Gasteiger partial charge on any atom is 0.230 e. The van der Waals surface area contributed by atoms with Crippen LogP contribution in [-0.4, -0.2) is 47.0 Å². The molecule has 1 atom stereocenters. The van der Waals surface area contributed by atoms with Gasteiger partial charge in [-0.2, -0.15) is 15.0 Å². The molecule has 0 amide bonds. The molecule has 0 aliphatic rings. The average molecular weight is 288 g/mol. The topological polar surface area (TPSA) is 80.0 Å². The van der Waals surface area contributed by atoms with Gasteiger partial charge in [0.05, 0.1) is 0 Å². The number of aryl methyl sites for hydroxylation is 1. The van der Waals surface area contributed by atoms with Gasteiger partial charge in [0.25, 0.3) is 0 Å². The zero-order valence-corrected chi connectivity index (χ0v) is 13.1. The highest BCUT2D eigenvalue weighted by Crippen LogP contribution is 2.45. The minimum Gasteiger partial charge on any atom is -0.347 e. The van der Waals surface area contributed by atoms with Crippen molar-refractivity contribution < 1.29 is 0 Å². The van der Waals surface area contributed by atoms with Crippen LogP contribution in [0, 0.1) is 6.92 Å². The first-order valence-electron chi connectivity index (χ1n) is 5.61. The summed E-state index contributed by atoms with van der Waals surface area (Å²) in [5.41, 5.74) is 0.797. The molecule has 1 heterocycles. The van der Waals surface area contributed by atoms with Gasteiger partial charge < -0.3 is 9.99 Å². The van der Waals surface area contributed by atoms with Crippen LogP contribution in [-0.2, 0) is 0 Å². The van der Waals surface area contributed by atoms with Gasteiger partial charge in [0.15, 0.2) is 0 Å². The number of nitrogens with two attached hydrogens (primary N) is 1. The SMILES string of the molecule is C=P(CC)(CSN)Nc1nc(C)nc(N(C)C)n1. The van der Waals surface area contributed by atoms with Gasteiger partial charge in [-0.15, -0.1) is 0 Å². The number of rotatable bonds is 6. The molecule has 3 N–H and O–H groups in total. The Hall–Kier alpha value is -0.780. The van der Waals surface area contributed by atoms with Crippen molar-refractivity contribution in [2.45, 2.75) is 13.8 Å². The molecule has 0 spiro atoms. The lowest BCUT2D eigenvalue weighted by Crippen LogP contribution is -2.16. The molecule has 0 aliphatic carbocycles. The van der Waals surface area contributed by atoms with E-state index in [2.05, 4.69) is 33.3 Å². The van der Waals surface area contributed by atoms with Crippen molar-refractivity contribution in [2.75, 3.05) is 35.7 Å². The van der Waals surface area contributed by atoms with Crippen molar-refractivity contribution in [3.8, 4) is 0 Å². The first-order chi connectivity index (χ1) is 8.40. The number of hydrogen-bond donors (Lipinski definition) is 2. The van der Waals surface area contributed by atoms with Gasteiger partial charge in [0.2, 0.25) is 11.9 Å². The monoisotopic (exact) mass is 288 g/mol. The number of aromatic nitrogens is 3. The second-order valence-corrected chi connectivity index (χ2v) is 8.78. The largest absolute Gasteiger partial charge is 0.347 e. The van der Waals surface area contributed by atoms with Gasteiger partial charge >= 0.3 is 0 Å². The zero-order chi connectivity index (χ0) is 13.8. The van der Waals surface area contributed by atoms with Crippen molar-refractivity contribution >= 4 is 37.2 Å². The summed E-state index contributed by atoms with van der Waals surface area (Å²) in [6, 6.07) is 0. The summed E-state index contributed by atoms with van der Waals surface area (Å²) in [7, 11) is 2.23. The normalized spacial score (nSPS) is 14.1. The molecule has 1 aromatic rings. The molecule has 1 rings (SSSR count). The summed E-state index contributed by atoms with van der Waals surface area (Å²) in [6.45, 7) is 3.96. The van der Waals surface area contributed by atoms with Crippen LogP contribution in [0.3, 0.4) is 0 Å². The summed E-state index contributed by atoms with van der Waals surface area (Å²) < 4.78 is 0. The Morgan fingerprint density at radius 2 is 2.06 bits per heavy atom. The third kappa shape index (κ3) is 4.15. The van der Waals surface area contributed by atoms with Crippen LogP contribution in [0.4, 0.5) is 11.9 Å². The van der Waals surface area contributed by atoms with Gasteiger partial charge in [-0.1, -0.05) is 25.2 Å². The van der Waals surface area contributed by atoms with E-state index in [4.69, 9.17) is 5.14 Å². The minimum absolute atomic E-state index is 0.588. The van der Waals surface area contributed by atoms with Crippen molar-refractivity contribution in [1.82, 2.24) is 15.0 Å². The molecule has 1 aromatic heterocycles. The molecule has 102 valence electrons. The third-order valence-corrected chi connectivity index (χ3v) is 6.86. The Kier molecular flexibility index (Phi) is 5.44. The van der Waals surface area contributed by atoms with E-state index in [1.54, 1.807) is 0 Å². The van der Waals surface area contributed by atoms with Crippen LogP contribution in [0.5, 0.6) is 0 Å². The van der Waals surface area contributed by atoms with Crippen molar-refractivity contribution in [2.24, 2.45) is 5.14 Å². The van der Waals surface area contributed by atoms with Crippen LogP contribution >= 0.6 is 19.0 Å². The molecule has 0 aliphatic heterocycles. The zero-order valence-electron chi connectivity index (χ0n) is 11.3. The Bertz CT molecular complexity index is 450. The molecule has 0 radical (unpaired) electrons. The molecular weight excluding hydrogens is 267 g/mol. The molecule has 0 fully saturated rings. The molecule has 8 heteroatoms. The second kappa shape index (κ2) is 6.41. The molecule has 0 saturated carbocycles. The molecule has 0 saturated heterocycles.